The van der Waals surface area contributed by atoms with Crippen molar-refractivity contribution >= 4 is 5.97 Å². The molecule has 2 atom stereocenters. The second-order valence-corrected chi connectivity index (χ2v) is 5.33. The molecule has 15 heavy (non-hydrogen) atoms. The van der Waals surface area contributed by atoms with Crippen molar-refractivity contribution in [3.63, 3.8) is 0 Å². The Morgan fingerprint density at radius 3 is 2.53 bits per heavy atom. The first kappa shape index (κ1) is 9.64. The van der Waals surface area contributed by atoms with Gasteiger partial charge >= 0.3 is 5.97 Å². The first-order valence-electron chi connectivity index (χ1n) is 6.08. The van der Waals surface area contributed by atoms with E-state index in [4.69, 9.17) is 9.47 Å². The molecule has 2 aliphatic carbocycles. The van der Waals surface area contributed by atoms with Gasteiger partial charge in [-0.3, -0.25) is 0 Å². The summed E-state index contributed by atoms with van der Waals surface area (Å²) >= 11 is 0. The molecule has 3 heteroatoms. The minimum atomic E-state index is -0.546. The Morgan fingerprint density at radius 2 is 2.00 bits per heavy atom. The van der Waals surface area contributed by atoms with Gasteiger partial charge < -0.3 is 9.47 Å². The number of carbonyl (C=O) groups is 1. The Hall–Kier alpha value is -0.570. The van der Waals surface area contributed by atoms with Crippen LogP contribution in [0.2, 0.25) is 0 Å². The van der Waals surface area contributed by atoms with E-state index in [1.54, 1.807) is 0 Å². The van der Waals surface area contributed by atoms with Crippen molar-refractivity contribution in [1.82, 2.24) is 0 Å². The first-order chi connectivity index (χ1) is 7.16. The minimum absolute atomic E-state index is 0.0885. The van der Waals surface area contributed by atoms with E-state index in [9.17, 15) is 4.79 Å². The number of ether oxygens (including phenoxy) is 2. The Kier molecular flexibility index (Phi) is 1.91. The lowest BCUT2D eigenvalue weighted by Gasteiger charge is -2.14. The topological polar surface area (TPSA) is 38.8 Å². The van der Waals surface area contributed by atoms with E-state index >= 15 is 0 Å². The first-order valence-corrected chi connectivity index (χ1v) is 6.08. The summed E-state index contributed by atoms with van der Waals surface area (Å²) in [5, 5.41) is 0. The highest BCUT2D eigenvalue weighted by Gasteiger charge is 2.75. The van der Waals surface area contributed by atoms with Gasteiger partial charge in [-0.25, -0.2) is 4.79 Å². The zero-order chi connectivity index (χ0) is 10.5. The molecule has 3 fully saturated rings. The van der Waals surface area contributed by atoms with Gasteiger partial charge in [0, 0.05) is 0 Å². The van der Waals surface area contributed by atoms with Crippen LogP contribution in [-0.2, 0) is 14.3 Å². The number of rotatable bonds is 2. The smallest absolute Gasteiger partial charge is 0.341 e. The zero-order valence-corrected chi connectivity index (χ0v) is 9.25. The van der Waals surface area contributed by atoms with Gasteiger partial charge in [0.25, 0.3) is 0 Å². The summed E-state index contributed by atoms with van der Waals surface area (Å²) in [6, 6.07) is 0. The molecule has 2 saturated carbocycles. The third kappa shape index (κ3) is 1.25. The van der Waals surface area contributed by atoms with E-state index in [1.165, 1.54) is 12.8 Å². The lowest BCUT2D eigenvalue weighted by atomic mass is 9.98. The van der Waals surface area contributed by atoms with Crippen LogP contribution < -0.4 is 0 Å². The van der Waals surface area contributed by atoms with Crippen LogP contribution in [0, 0.1) is 0 Å². The molecule has 0 radical (unpaired) electrons. The van der Waals surface area contributed by atoms with E-state index in [1.807, 2.05) is 6.92 Å². The van der Waals surface area contributed by atoms with Crippen LogP contribution in [0.3, 0.4) is 0 Å². The quantitative estimate of drug-likeness (QED) is 0.518. The van der Waals surface area contributed by atoms with Gasteiger partial charge in [0.1, 0.15) is 11.7 Å². The Labute approximate surface area is 90.1 Å². The van der Waals surface area contributed by atoms with Gasteiger partial charge in [0.2, 0.25) is 0 Å². The number of carbonyl (C=O) groups excluding carboxylic acids is 1. The molecular weight excluding hydrogens is 192 g/mol. The SMILES string of the molecule is CC12CCCC1(C(=O)OC1CCCC1)O2. The molecule has 0 aromatic carbocycles. The third-order valence-corrected chi connectivity index (χ3v) is 4.30. The predicted octanol–water partition coefficient (Wildman–Crippen LogP) is 2.18. The van der Waals surface area contributed by atoms with Crippen molar-refractivity contribution in [2.24, 2.45) is 0 Å². The highest BCUT2D eigenvalue weighted by atomic mass is 16.7. The molecule has 3 aliphatic rings. The molecule has 0 aromatic rings. The molecule has 2 unspecified atom stereocenters. The number of hydrogen-bond acceptors (Lipinski definition) is 3. The molecule has 1 saturated heterocycles. The fraction of sp³-hybridized carbons (Fsp3) is 0.917. The summed E-state index contributed by atoms with van der Waals surface area (Å²) in [4.78, 5) is 12.0. The van der Waals surface area contributed by atoms with Crippen LogP contribution in [0.25, 0.3) is 0 Å². The van der Waals surface area contributed by atoms with Crippen molar-refractivity contribution in [1.29, 1.82) is 0 Å². The molecular formula is C12H18O3. The molecule has 0 aromatic heterocycles. The van der Waals surface area contributed by atoms with Crippen LogP contribution >= 0.6 is 0 Å². The molecule has 1 heterocycles. The van der Waals surface area contributed by atoms with Gasteiger partial charge in [0.15, 0.2) is 5.60 Å². The van der Waals surface area contributed by atoms with Crippen molar-refractivity contribution < 1.29 is 14.3 Å². The zero-order valence-electron chi connectivity index (χ0n) is 9.25. The van der Waals surface area contributed by atoms with E-state index < -0.39 is 5.60 Å². The van der Waals surface area contributed by atoms with E-state index in [0.717, 1.165) is 32.1 Å². The fourth-order valence-electron chi connectivity index (χ4n) is 3.21. The van der Waals surface area contributed by atoms with Crippen LogP contribution in [-0.4, -0.2) is 23.3 Å². The monoisotopic (exact) mass is 210 g/mol. The van der Waals surface area contributed by atoms with Crippen LogP contribution in [0.5, 0.6) is 0 Å². The van der Waals surface area contributed by atoms with Gasteiger partial charge in [-0.1, -0.05) is 0 Å². The van der Waals surface area contributed by atoms with Crippen LogP contribution in [0.4, 0.5) is 0 Å². The molecule has 3 rings (SSSR count). The Balaban J connectivity index is 1.65. The maximum atomic E-state index is 12.0. The molecule has 0 spiro atoms. The largest absolute Gasteiger partial charge is 0.460 e. The molecule has 1 aliphatic heterocycles. The van der Waals surface area contributed by atoms with E-state index in [2.05, 4.69) is 0 Å². The Bertz CT molecular complexity index is 291. The normalized spacial score (nSPS) is 44.1. The Morgan fingerprint density at radius 1 is 1.27 bits per heavy atom. The van der Waals surface area contributed by atoms with Gasteiger partial charge in [-0.2, -0.15) is 0 Å². The molecule has 0 amide bonds. The maximum absolute atomic E-state index is 12.0. The standard InChI is InChI=1S/C12H18O3/c1-11-7-4-8-12(11,15-11)10(13)14-9-5-2-3-6-9/h9H,2-8H2,1H3. The predicted molar refractivity (Wildman–Crippen MR) is 54.4 cm³/mol. The average Bonchev–Trinajstić information content (AvgIpc) is 2.60. The van der Waals surface area contributed by atoms with Crippen molar-refractivity contribution in [2.75, 3.05) is 0 Å². The minimum Gasteiger partial charge on any atom is -0.460 e. The summed E-state index contributed by atoms with van der Waals surface area (Å²) in [6.07, 6.45) is 7.60. The summed E-state index contributed by atoms with van der Waals surface area (Å²) < 4.78 is 11.2. The van der Waals surface area contributed by atoms with E-state index in [0.29, 0.717) is 0 Å². The van der Waals surface area contributed by atoms with Gasteiger partial charge in [0.05, 0.1) is 0 Å². The number of epoxide rings is 1. The summed E-state index contributed by atoms with van der Waals surface area (Å²) in [6.45, 7) is 2.04. The van der Waals surface area contributed by atoms with Crippen molar-refractivity contribution in [3.05, 3.63) is 0 Å². The number of esters is 1. The van der Waals surface area contributed by atoms with Crippen molar-refractivity contribution in [3.8, 4) is 0 Å². The molecule has 84 valence electrons. The van der Waals surface area contributed by atoms with Crippen LogP contribution in [0.15, 0.2) is 0 Å². The average molecular weight is 210 g/mol. The fourth-order valence-corrected chi connectivity index (χ4v) is 3.21. The second kappa shape index (κ2) is 2.97. The molecule has 0 bridgehead atoms. The second-order valence-electron chi connectivity index (χ2n) is 5.33. The highest BCUT2D eigenvalue weighted by molar-refractivity contribution is 5.85. The van der Waals surface area contributed by atoms with Gasteiger partial charge in [-0.15, -0.1) is 0 Å². The lowest BCUT2D eigenvalue weighted by molar-refractivity contribution is -0.155. The molecule has 3 nitrogen and oxygen atoms in total. The number of hydrogen-bond donors (Lipinski definition) is 0. The van der Waals surface area contributed by atoms with Crippen molar-refractivity contribution in [2.45, 2.75) is 69.2 Å². The molecule has 0 N–H and O–H groups in total. The van der Waals surface area contributed by atoms with Gasteiger partial charge in [-0.05, 0) is 51.9 Å². The maximum Gasteiger partial charge on any atom is 0.341 e. The van der Waals surface area contributed by atoms with E-state index in [-0.39, 0.29) is 17.7 Å². The summed E-state index contributed by atoms with van der Waals surface area (Å²) in [5.74, 6) is -0.0885. The lowest BCUT2D eigenvalue weighted by Crippen LogP contribution is -2.32. The number of fused-ring (bicyclic) bond motifs is 1. The summed E-state index contributed by atoms with van der Waals surface area (Å²) in [7, 11) is 0. The summed E-state index contributed by atoms with van der Waals surface area (Å²) in [5.41, 5.74) is -0.738. The third-order valence-electron chi connectivity index (χ3n) is 4.30. The highest BCUT2D eigenvalue weighted by Crippen LogP contribution is 2.60. The van der Waals surface area contributed by atoms with Crippen LogP contribution in [0.1, 0.15) is 51.9 Å².